The molecule has 10 heteroatoms. The van der Waals surface area contributed by atoms with Gasteiger partial charge in [-0.1, -0.05) is 29.8 Å². The molecule has 0 unspecified atom stereocenters. The minimum Gasteiger partial charge on any atom is -0.480 e. The molecule has 1 aromatic heterocycles. The van der Waals surface area contributed by atoms with Crippen LogP contribution in [-0.4, -0.2) is 33.6 Å². The van der Waals surface area contributed by atoms with Crippen molar-refractivity contribution in [2.75, 3.05) is 6.61 Å². The van der Waals surface area contributed by atoms with E-state index in [0.29, 0.717) is 37.0 Å². The maximum atomic E-state index is 13.2. The van der Waals surface area contributed by atoms with Crippen LogP contribution < -0.4 is 10.3 Å². The maximum Gasteiger partial charge on any atom is 0.341 e. The van der Waals surface area contributed by atoms with E-state index in [-0.39, 0.29) is 11.5 Å². The molecule has 0 fully saturated rings. The molecule has 0 saturated heterocycles. The van der Waals surface area contributed by atoms with Crippen molar-refractivity contribution in [1.29, 1.82) is 0 Å². The van der Waals surface area contributed by atoms with Gasteiger partial charge in [-0.05, 0) is 74.2 Å². The molecule has 0 amide bonds. The molecule has 0 radical (unpaired) electrons. The lowest BCUT2D eigenvalue weighted by Gasteiger charge is -2.14. The molecule has 7 nitrogen and oxygen atoms in total. The molecule has 1 atom stereocenters. The molecule has 3 rings (SSSR count). The van der Waals surface area contributed by atoms with Crippen LogP contribution in [-0.2, 0) is 4.79 Å². The van der Waals surface area contributed by atoms with Crippen LogP contribution in [0.15, 0.2) is 53.6 Å². The van der Waals surface area contributed by atoms with E-state index in [1.807, 2.05) is 26.0 Å². The van der Waals surface area contributed by atoms with Gasteiger partial charge in [0.2, 0.25) is 0 Å². The number of benzene rings is 2. The predicted octanol–water partition coefficient (Wildman–Crippen LogP) is 5.54. The highest BCUT2D eigenvalue weighted by Crippen LogP contribution is 2.34. The number of ether oxygens (including phenoxy) is 1. The largest absolute Gasteiger partial charge is 0.480 e. The van der Waals surface area contributed by atoms with E-state index in [1.165, 1.54) is 4.68 Å². The zero-order valence-electron chi connectivity index (χ0n) is 16.6. The third kappa shape index (κ3) is 5.42. The van der Waals surface area contributed by atoms with E-state index in [9.17, 15) is 9.59 Å². The number of carboxylic acids is 1. The van der Waals surface area contributed by atoms with Gasteiger partial charge in [0.15, 0.2) is 6.61 Å². The van der Waals surface area contributed by atoms with E-state index >= 15 is 0 Å². The number of rotatable bonds is 7. The number of carbonyl (C=O) groups is 1. The van der Waals surface area contributed by atoms with Gasteiger partial charge < -0.3 is 9.84 Å². The van der Waals surface area contributed by atoms with Crippen LogP contribution in [0.1, 0.15) is 37.6 Å². The molecule has 2 aromatic carbocycles. The molecule has 0 saturated carbocycles. The molecule has 3 aromatic rings. The van der Waals surface area contributed by atoms with Gasteiger partial charge in [0, 0.05) is 10.4 Å². The Labute approximate surface area is 203 Å². The normalized spacial score (nSPS) is 12.4. The van der Waals surface area contributed by atoms with Crippen molar-refractivity contribution in [2.45, 2.75) is 26.2 Å². The lowest BCUT2D eigenvalue weighted by molar-refractivity contribution is -0.139. The van der Waals surface area contributed by atoms with Crippen molar-refractivity contribution in [1.82, 2.24) is 9.66 Å². The molecule has 0 aliphatic heterocycles. The maximum absolute atomic E-state index is 13.2. The summed E-state index contributed by atoms with van der Waals surface area (Å²) in [5, 5.41) is 13.7. The quantitative estimate of drug-likeness (QED) is 0.352. The second kappa shape index (κ2) is 10.1. The monoisotopic (exact) mass is 613 g/mol. The van der Waals surface area contributed by atoms with Gasteiger partial charge in [-0.3, -0.25) is 4.79 Å². The van der Waals surface area contributed by atoms with Crippen LogP contribution >= 0.6 is 47.8 Å². The molecule has 1 N–H and O–H groups in total. The Morgan fingerprint density at radius 3 is 2.55 bits per heavy atom. The zero-order valence-corrected chi connectivity index (χ0v) is 21.4. The number of carboxylic acid groups (broad SMARTS) is 1. The van der Waals surface area contributed by atoms with Crippen molar-refractivity contribution in [3.05, 3.63) is 65.5 Å². The summed E-state index contributed by atoms with van der Waals surface area (Å²) >= 11 is 10.2. The number of aliphatic carboxylic acids is 1. The first kappa shape index (κ1) is 23.6. The lowest BCUT2D eigenvalue weighted by Crippen LogP contribution is -2.23. The average Bonchev–Trinajstić information content (AvgIpc) is 2.72. The summed E-state index contributed by atoms with van der Waals surface area (Å²) in [6.45, 7) is 3.57. The van der Waals surface area contributed by atoms with E-state index < -0.39 is 12.6 Å². The Morgan fingerprint density at radius 1 is 1.26 bits per heavy atom. The summed E-state index contributed by atoms with van der Waals surface area (Å²) in [4.78, 5) is 28.6. The average molecular weight is 616 g/mol. The fourth-order valence-corrected chi connectivity index (χ4v) is 4.64. The standard InChI is InChI=1S/C21H18Br3N3O4/c1-3-11(2)20-26-17-5-4-13(22)8-14(17)21(30)27(20)25-9-12-6-15(23)19(16(24)7-12)31-10-18(28)29/h4-9,11H,3,10H2,1-2H3,(H,28,29)/t11-/m0/s1. The zero-order chi connectivity index (χ0) is 22.7. The molecule has 0 aliphatic rings. The third-order valence-corrected chi connectivity index (χ3v) is 6.24. The third-order valence-electron chi connectivity index (χ3n) is 4.57. The number of hydrogen-bond donors (Lipinski definition) is 1. The number of hydrogen-bond acceptors (Lipinski definition) is 5. The van der Waals surface area contributed by atoms with Crippen LogP contribution in [0.4, 0.5) is 0 Å². The Hall–Kier alpha value is -2.04. The molecule has 31 heavy (non-hydrogen) atoms. The van der Waals surface area contributed by atoms with Crippen molar-refractivity contribution in [3.63, 3.8) is 0 Å². The molecule has 162 valence electrons. The van der Waals surface area contributed by atoms with Gasteiger partial charge in [0.05, 0.1) is 26.1 Å². The van der Waals surface area contributed by atoms with Crippen molar-refractivity contribution in [3.8, 4) is 5.75 Å². The Morgan fingerprint density at radius 2 is 1.94 bits per heavy atom. The van der Waals surface area contributed by atoms with Crippen molar-refractivity contribution in [2.24, 2.45) is 5.10 Å². The van der Waals surface area contributed by atoms with Crippen LogP contribution in [0, 0.1) is 0 Å². The van der Waals surface area contributed by atoms with E-state index in [4.69, 9.17) is 9.84 Å². The summed E-state index contributed by atoms with van der Waals surface area (Å²) < 4.78 is 8.51. The molecule has 0 aliphatic carbocycles. The van der Waals surface area contributed by atoms with Gasteiger partial charge in [-0.15, -0.1) is 0 Å². The van der Waals surface area contributed by atoms with Crippen molar-refractivity contribution < 1.29 is 14.6 Å². The van der Waals surface area contributed by atoms with Gasteiger partial charge in [0.25, 0.3) is 5.56 Å². The summed E-state index contributed by atoms with van der Waals surface area (Å²) in [6.07, 6.45) is 2.35. The number of fused-ring (bicyclic) bond motifs is 1. The summed E-state index contributed by atoms with van der Waals surface area (Å²) in [5.41, 5.74) is 1.05. The van der Waals surface area contributed by atoms with Crippen LogP contribution in [0.2, 0.25) is 0 Å². The Balaban J connectivity index is 2.07. The van der Waals surface area contributed by atoms with Gasteiger partial charge in [-0.2, -0.15) is 9.78 Å². The highest BCUT2D eigenvalue weighted by Gasteiger charge is 2.16. The van der Waals surface area contributed by atoms with Crippen LogP contribution in [0.3, 0.4) is 0 Å². The van der Waals surface area contributed by atoms with E-state index in [1.54, 1.807) is 24.4 Å². The number of aromatic nitrogens is 2. The van der Waals surface area contributed by atoms with Crippen molar-refractivity contribution >= 4 is 70.9 Å². The summed E-state index contributed by atoms with van der Waals surface area (Å²) in [5.74, 6) is -0.0904. The Kier molecular flexibility index (Phi) is 7.66. The fourth-order valence-electron chi connectivity index (χ4n) is 2.83. The van der Waals surface area contributed by atoms with Crippen LogP contribution in [0.5, 0.6) is 5.75 Å². The van der Waals surface area contributed by atoms with Crippen LogP contribution in [0.25, 0.3) is 10.9 Å². The number of nitrogens with zero attached hydrogens (tertiary/aromatic N) is 3. The second-order valence-electron chi connectivity index (χ2n) is 6.80. The molecule has 0 bridgehead atoms. The second-order valence-corrected chi connectivity index (χ2v) is 9.42. The first-order valence-corrected chi connectivity index (χ1v) is 11.7. The number of halogens is 3. The highest BCUT2D eigenvalue weighted by molar-refractivity contribution is 9.11. The van der Waals surface area contributed by atoms with Gasteiger partial charge in [-0.25, -0.2) is 9.78 Å². The molecule has 1 heterocycles. The molecular weight excluding hydrogens is 598 g/mol. The lowest BCUT2D eigenvalue weighted by atomic mass is 10.1. The van der Waals surface area contributed by atoms with Gasteiger partial charge >= 0.3 is 5.97 Å². The first-order chi connectivity index (χ1) is 14.7. The molecule has 0 spiro atoms. The SMILES string of the molecule is CC[C@H](C)c1nc2ccc(Br)cc2c(=O)n1N=Cc1cc(Br)c(OCC(=O)O)c(Br)c1. The summed E-state index contributed by atoms with van der Waals surface area (Å²) in [7, 11) is 0. The van der Waals surface area contributed by atoms with E-state index in [0.717, 1.165) is 10.9 Å². The summed E-state index contributed by atoms with van der Waals surface area (Å²) in [6, 6.07) is 8.85. The minimum atomic E-state index is -1.07. The highest BCUT2D eigenvalue weighted by atomic mass is 79.9. The topological polar surface area (TPSA) is 93.8 Å². The fraction of sp³-hybridized carbons (Fsp3) is 0.238. The predicted molar refractivity (Wildman–Crippen MR) is 130 cm³/mol. The molecular formula is C21H18Br3N3O4. The van der Waals surface area contributed by atoms with Gasteiger partial charge in [0.1, 0.15) is 11.6 Å². The first-order valence-electron chi connectivity index (χ1n) is 9.31. The minimum absolute atomic E-state index is 0.0307. The van der Waals surface area contributed by atoms with E-state index in [2.05, 4.69) is 57.9 Å². The Bertz CT molecular complexity index is 1220. The smallest absolute Gasteiger partial charge is 0.341 e.